The van der Waals surface area contributed by atoms with Gasteiger partial charge in [0.25, 0.3) is 0 Å². The Balaban J connectivity index is 3.89. The zero-order chi connectivity index (χ0) is 7.49. The lowest BCUT2D eigenvalue weighted by atomic mass is 9.91. The predicted octanol–water partition coefficient (Wildman–Crippen LogP) is 0.911. The molecule has 2 heteroatoms. The standard InChI is InChI=1S/C7H12NO/c1-7(2,3)4-6(8)5-9/h4H,8H2,1-3H3. The van der Waals surface area contributed by atoms with E-state index < -0.39 is 0 Å². The van der Waals surface area contributed by atoms with Crippen molar-refractivity contribution in [3.63, 3.8) is 0 Å². The van der Waals surface area contributed by atoms with Crippen molar-refractivity contribution in [2.75, 3.05) is 0 Å². The van der Waals surface area contributed by atoms with Crippen LogP contribution in [0.5, 0.6) is 0 Å². The van der Waals surface area contributed by atoms with E-state index in [1.165, 1.54) is 0 Å². The van der Waals surface area contributed by atoms with Crippen LogP contribution < -0.4 is 5.73 Å². The van der Waals surface area contributed by atoms with E-state index in [1.807, 2.05) is 20.8 Å². The van der Waals surface area contributed by atoms with Gasteiger partial charge in [0, 0.05) is 6.42 Å². The maximum absolute atomic E-state index is 9.86. The molecule has 2 N–H and O–H groups in total. The van der Waals surface area contributed by atoms with Crippen LogP contribution in [0.2, 0.25) is 0 Å². The highest BCUT2D eigenvalue weighted by Crippen LogP contribution is 2.18. The van der Waals surface area contributed by atoms with Crippen LogP contribution in [-0.2, 0) is 4.79 Å². The highest BCUT2D eigenvalue weighted by atomic mass is 16.1. The molecular formula is C7H12NO. The highest BCUT2D eigenvalue weighted by molar-refractivity contribution is 5.54. The van der Waals surface area contributed by atoms with Crippen molar-refractivity contribution in [1.29, 1.82) is 0 Å². The first-order chi connectivity index (χ1) is 3.95. The van der Waals surface area contributed by atoms with Crippen molar-refractivity contribution in [3.05, 3.63) is 12.1 Å². The molecule has 2 nitrogen and oxygen atoms in total. The monoisotopic (exact) mass is 126 g/mol. The molecule has 0 amide bonds. The summed E-state index contributed by atoms with van der Waals surface area (Å²) < 4.78 is 0. The van der Waals surface area contributed by atoms with Gasteiger partial charge in [-0.15, -0.1) is 0 Å². The lowest BCUT2D eigenvalue weighted by Crippen LogP contribution is -2.12. The zero-order valence-electron chi connectivity index (χ0n) is 6.06. The molecule has 0 atom stereocenters. The molecule has 0 aromatic carbocycles. The first kappa shape index (κ1) is 8.25. The van der Waals surface area contributed by atoms with E-state index >= 15 is 0 Å². The summed E-state index contributed by atoms with van der Waals surface area (Å²) in [6.45, 7) is 5.91. The number of carbonyl (C=O) groups excluding carboxylic acids is 1. The van der Waals surface area contributed by atoms with E-state index in [4.69, 9.17) is 5.73 Å². The summed E-state index contributed by atoms with van der Waals surface area (Å²) in [4.78, 5) is 9.86. The Morgan fingerprint density at radius 2 is 2.00 bits per heavy atom. The molecule has 9 heavy (non-hydrogen) atoms. The van der Waals surface area contributed by atoms with Gasteiger partial charge in [-0.1, -0.05) is 20.8 Å². The molecule has 0 fully saturated rings. The molecule has 0 spiro atoms. The van der Waals surface area contributed by atoms with Gasteiger partial charge >= 0.3 is 0 Å². The maximum Gasteiger partial charge on any atom is 0.145 e. The topological polar surface area (TPSA) is 43.1 Å². The molecule has 0 unspecified atom stereocenters. The number of nitrogens with two attached hydrogens (primary N) is 1. The fourth-order valence-corrected chi connectivity index (χ4v) is 0.496. The molecule has 0 heterocycles. The summed E-state index contributed by atoms with van der Waals surface area (Å²) in [5.74, 6) is 1.61. The Morgan fingerprint density at radius 3 is 2.11 bits per heavy atom. The summed E-state index contributed by atoms with van der Waals surface area (Å²) in [6.07, 6.45) is 1.68. The van der Waals surface area contributed by atoms with Crippen LogP contribution in [0.4, 0.5) is 0 Å². The predicted molar refractivity (Wildman–Crippen MR) is 37.1 cm³/mol. The van der Waals surface area contributed by atoms with Gasteiger partial charge in [-0.05, 0) is 5.41 Å². The lowest BCUT2D eigenvalue weighted by molar-refractivity contribution is 0.500. The van der Waals surface area contributed by atoms with Gasteiger partial charge in [-0.2, -0.15) is 0 Å². The van der Waals surface area contributed by atoms with Crippen molar-refractivity contribution < 1.29 is 4.79 Å². The minimum absolute atomic E-state index is 0.0263. The van der Waals surface area contributed by atoms with Gasteiger partial charge in [0.2, 0.25) is 0 Å². The van der Waals surface area contributed by atoms with E-state index in [0.29, 0.717) is 0 Å². The van der Waals surface area contributed by atoms with Crippen LogP contribution in [0.15, 0.2) is 5.70 Å². The van der Waals surface area contributed by atoms with Gasteiger partial charge in [0.1, 0.15) is 5.94 Å². The van der Waals surface area contributed by atoms with Crippen molar-refractivity contribution in [1.82, 2.24) is 0 Å². The molecule has 0 saturated carbocycles. The van der Waals surface area contributed by atoms with Gasteiger partial charge in [-0.25, -0.2) is 4.79 Å². The molecule has 0 aliphatic carbocycles. The molecule has 0 bridgehead atoms. The normalized spacial score (nSPS) is 10.6. The van der Waals surface area contributed by atoms with E-state index in [9.17, 15) is 4.79 Å². The zero-order valence-corrected chi connectivity index (χ0v) is 6.06. The molecule has 0 aliphatic rings. The smallest absolute Gasteiger partial charge is 0.145 e. The van der Waals surface area contributed by atoms with Crippen molar-refractivity contribution >= 4 is 5.94 Å². The van der Waals surface area contributed by atoms with E-state index in [2.05, 4.69) is 0 Å². The number of hydrogen-bond acceptors (Lipinski definition) is 2. The van der Waals surface area contributed by atoms with Crippen LogP contribution in [0.3, 0.4) is 0 Å². The third-order valence-electron chi connectivity index (χ3n) is 0.706. The van der Waals surface area contributed by atoms with Crippen LogP contribution in [0, 0.1) is 11.8 Å². The summed E-state index contributed by atoms with van der Waals surface area (Å²) >= 11 is 0. The third-order valence-corrected chi connectivity index (χ3v) is 0.706. The lowest BCUT2D eigenvalue weighted by Gasteiger charge is -2.14. The summed E-state index contributed by atoms with van der Waals surface area (Å²) in [5.41, 5.74) is 5.35. The van der Waals surface area contributed by atoms with Crippen LogP contribution in [0.1, 0.15) is 20.8 Å². The van der Waals surface area contributed by atoms with E-state index in [0.717, 1.165) is 0 Å². The molecule has 0 saturated heterocycles. The summed E-state index contributed by atoms with van der Waals surface area (Å²) in [7, 11) is 0. The van der Waals surface area contributed by atoms with Gasteiger partial charge < -0.3 is 5.73 Å². The second-order valence-electron chi connectivity index (χ2n) is 3.07. The first-order valence-corrected chi connectivity index (χ1v) is 2.82. The van der Waals surface area contributed by atoms with Gasteiger partial charge in [0.15, 0.2) is 0 Å². The average Bonchev–Trinajstić information content (AvgIpc) is 1.62. The quantitative estimate of drug-likeness (QED) is 0.531. The number of hydrogen-bond donors (Lipinski definition) is 1. The number of allylic oxidation sites excluding steroid dienone is 1. The molecule has 0 rings (SSSR count). The maximum atomic E-state index is 9.86. The fourth-order valence-electron chi connectivity index (χ4n) is 0.496. The Bertz CT molecular complexity index is 137. The van der Waals surface area contributed by atoms with Crippen molar-refractivity contribution in [2.45, 2.75) is 20.8 Å². The number of rotatable bonds is 1. The third kappa shape index (κ3) is 5.12. The molecule has 0 aromatic rings. The Hall–Kier alpha value is -0.750. The molecule has 0 aliphatic heterocycles. The second-order valence-corrected chi connectivity index (χ2v) is 3.07. The Labute approximate surface area is 55.7 Å². The summed E-state index contributed by atoms with van der Waals surface area (Å²) in [6, 6.07) is 0. The second kappa shape index (κ2) is 2.70. The Kier molecular flexibility index (Phi) is 2.47. The molecule has 0 aromatic heterocycles. The van der Waals surface area contributed by atoms with Crippen molar-refractivity contribution in [2.24, 2.45) is 11.1 Å². The van der Waals surface area contributed by atoms with Crippen LogP contribution in [0.25, 0.3) is 0 Å². The highest BCUT2D eigenvalue weighted by Gasteiger charge is 2.11. The molecule has 51 valence electrons. The van der Waals surface area contributed by atoms with Crippen LogP contribution >= 0.6 is 0 Å². The van der Waals surface area contributed by atoms with Crippen molar-refractivity contribution in [3.8, 4) is 0 Å². The Morgan fingerprint density at radius 1 is 1.56 bits per heavy atom. The molecule has 1 radical (unpaired) electrons. The first-order valence-electron chi connectivity index (χ1n) is 2.82. The van der Waals surface area contributed by atoms with E-state index in [1.54, 1.807) is 12.4 Å². The van der Waals surface area contributed by atoms with Gasteiger partial charge in [-0.3, -0.25) is 0 Å². The van der Waals surface area contributed by atoms with Crippen LogP contribution in [-0.4, -0.2) is 5.94 Å². The van der Waals surface area contributed by atoms with E-state index in [-0.39, 0.29) is 11.1 Å². The minimum Gasteiger partial charge on any atom is -0.393 e. The van der Waals surface area contributed by atoms with Gasteiger partial charge in [0.05, 0.1) is 5.70 Å². The molecular weight excluding hydrogens is 114 g/mol. The largest absolute Gasteiger partial charge is 0.393 e. The average molecular weight is 126 g/mol. The fraction of sp³-hybridized carbons (Fsp3) is 0.571. The SMILES string of the molecule is CC(C)(C)[CH]C(N)=C=O. The minimum atomic E-state index is -0.0263. The summed E-state index contributed by atoms with van der Waals surface area (Å²) in [5, 5.41) is 0.